The highest BCUT2D eigenvalue weighted by atomic mass is 32.1. The van der Waals surface area contributed by atoms with Crippen LogP contribution in [0.2, 0.25) is 0 Å². The van der Waals surface area contributed by atoms with Crippen LogP contribution in [0.5, 0.6) is 0 Å². The summed E-state index contributed by atoms with van der Waals surface area (Å²) in [6.07, 6.45) is 3.53. The molecule has 1 amide bonds. The number of benzene rings is 1. The molecule has 0 saturated carbocycles. The molecule has 2 aromatic heterocycles. The van der Waals surface area contributed by atoms with Gasteiger partial charge >= 0.3 is 0 Å². The number of rotatable bonds is 7. The summed E-state index contributed by atoms with van der Waals surface area (Å²) in [5.41, 5.74) is 4.69. The number of hydrogen-bond acceptors (Lipinski definition) is 6. The van der Waals surface area contributed by atoms with Crippen LogP contribution in [-0.2, 0) is 12.8 Å². The van der Waals surface area contributed by atoms with Crippen LogP contribution in [0, 0.1) is 0 Å². The Bertz CT molecular complexity index is 800. The molecule has 6 nitrogen and oxygen atoms in total. The molecule has 0 bridgehead atoms. The van der Waals surface area contributed by atoms with Crippen molar-refractivity contribution in [1.29, 1.82) is 0 Å². The van der Waals surface area contributed by atoms with Crippen LogP contribution in [0.25, 0.3) is 0 Å². The second kappa shape index (κ2) is 8.34. The third-order valence-electron chi connectivity index (χ3n) is 3.76. The first-order chi connectivity index (χ1) is 12.2. The third kappa shape index (κ3) is 4.84. The molecule has 0 aliphatic heterocycles. The quantitative estimate of drug-likeness (QED) is 0.680. The van der Waals surface area contributed by atoms with Crippen molar-refractivity contribution < 1.29 is 4.79 Å². The number of carbonyl (C=O) groups excluding carboxylic acids is 1. The lowest BCUT2D eigenvalue weighted by Gasteiger charge is -2.07. The summed E-state index contributed by atoms with van der Waals surface area (Å²) in [5, 5.41) is 13.9. The molecule has 0 aliphatic rings. The van der Waals surface area contributed by atoms with Gasteiger partial charge in [0.2, 0.25) is 5.13 Å². The number of amides is 1. The fourth-order valence-corrected chi connectivity index (χ4v) is 2.75. The minimum atomic E-state index is -0.244. The smallest absolute Gasteiger partial charge is 0.259 e. The van der Waals surface area contributed by atoms with Crippen LogP contribution in [-0.4, -0.2) is 27.6 Å². The Balaban J connectivity index is 1.49. The summed E-state index contributed by atoms with van der Waals surface area (Å²) in [7, 11) is 0. The van der Waals surface area contributed by atoms with Gasteiger partial charge in [0, 0.05) is 12.7 Å². The van der Waals surface area contributed by atoms with Crippen LogP contribution in [0.1, 0.15) is 28.4 Å². The predicted octanol–water partition coefficient (Wildman–Crippen LogP) is 3.40. The van der Waals surface area contributed by atoms with Gasteiger partial charge in [-0.1, -0.05) is 42.5 Å². The average molecular weight is 353 g/mol. The molecule has 1 aromatic carbocycles. The van der Waals surface area contributed by atoms with E-state index in [0.717, 1.165) is 25.2 Å². The van der Waals surface area contributed by atoms with Gasteiger partial charge in [-0.3, -0.25) is 10.1 Å². The van der Waals surface area contributed by atoms with Crippen molar-refractivity contribution in [2.75, 3.05) is 17.2 Å². The lowest BCUT2D eigenvalue weighted by atomic mass is 10.1. The highest BCUT2D eigenvalue weighted by Gasteiger charge is 2.08. The molecule has 0 atom stereocenters. The van der Waals surface area contributed by atoms with Crippen molar-refractivity contribution in [1.82, 2.24) is 15.2 Å². The van der Waals surface area contributed by atoms with Crippen molar-refractivity contribution >= 4 is 28.2 Å². The zero-order valence-corrected chi connectivity index (χ0v) is 14.7. The molecule has 2 heterocycles. The largest absolute Gasteiger partial charge is 0.370 e. The van der Waals surface area contributed by atoms with Gasteiger partial charge in [-0.05, 0) is 36.1 Å². The van der Waals surface area contributed by atoms with Gasteiger partial charge in [-0.2, -0.15) is 0 Å². The van der Waals surface area contributed by atoms with E-state index in [9.17, 15) is 4.79 Å². The van der Waals surface area contributed by atoms with Crippen molar-refractivity contribution in [2.24, 2.45) is 0 Å². The minimum Gasteiger partial charge on any atom is -0.370 e. The lowest BCUT2D eigenvalue weighted by molar-refractivity contribution is 0.102. The first-order valence-electron chi connectivity index (χ1n) is 8.10. The minimum absolute atomic E-state index is 0.244. The van der Waals surface area contributed by atoms with E-state index in [-0.39, 0.29) is 5.91 Å². The van der Waals surface area contributed by atoms with Crippen molar-refractivity contribution in [3.05, 3.63) is 64.8 Å². The van der Waals surface area contributed by atoms with E-state index >= 15 is 0 Å². The number of nitrogens with one attached hydrogen (secondary N) is 2. The molecule has 0 fully saturated rings. The Morgan fingerprint density at radius 3 is 2.56 bits per heavy atom. The second-order valence-electron chi connectivity index (χ2n) is 5.48. The van der Waals surface area contributed by atoms with E-state index in [1.165, 1.54) is 22.5 Å². The van der Waals surface area contributed by atoms with Crippen LogP contribution in [0.4, 0.5) is 10.9 Å². The second-order valence-corrected chi connectivity index (χ2v) is 6.31. The molecule has 2 N–H and O–H groups in total. The number of carbonyl (C=O) groups is 1. The first-order valence-corrected chi connectivity index (χ1v) is 8.98. The van der Waals surface area contributed by atoms with E-state index in [1.54, 1.807) is 23.8 Å². The van der Waals surface area contributed by atoms with Gasteiger partial charge in [0.05, 0.1) is 5.56 Å². The van der Waals surface area contributed by atoms with Crippen LogP contribution in [0.15, 0.2) is 48.1 Å². The molecule has 25 heavy (non-hydrogen) atoms. The summed E-state index contributed by atoms with van der Waals surface area (Å²) >= 11 is 1.27. The topological polar surface area (TPSA) is 79.8 Å². The van der Waals surface area contributed by atoms with Gasteiger partial charge in [0.25, 0.3) is 5.91 Å². The summed E-state index contributed by atoms with van der Waals surface area (Å²) in [5.74, 6) is 0.504. The number of hydrogen-bond donors (Lipinski definition) is 2. The third-order valence-corrected chi connectivity index (χ3v) is 4.36. The number of aryl methyl sites for hydroxylation is 1. The molecule has 0 radical (unpaired) electrons. The first kappa shape index (κ1) is 17.0. The fourth-order valence-electron chi connectivity index (χ4n) is 2.31. The normalized spacial score (nSPS) is 10.4. The number of nitrogens with zero attached hydrogens (tertiary/aromatic N) is 3. The van der Waals surface area contributed by atoms with E-state index in [1.807, 2.05) is 0 Å². The monoisotopic (exact) mass is 353 g/mol. The molecule has 7 heteroatoms. The molecule has 3 aromatic rings. The Labute approximate surface area is 150 Å². The summed E-state index contributed by atoms with van der Waals surface area (Å²) in [6, 6.07) is 12.2. The zero-order chi connectivity index (χ0) is 17.5. The summed E-state index contributed by atoms with van der Waals surface area (Å²) in [6.45, 7) is 2.94. The van der Waals surface area contributed by atoms with Gasteiger partial charge in [-0.25, -0.2) is 4.98 Å². The summed E-state index contributed by atoms with van der Waals surface area (Å²) in [4.78, 5) is 16.3. The maximum absolute atomic E-state index is 12.0. The van der Waals surface area contributed by atoms with Gasteiger partial charge in [0.15, 0.2) is 0 Å². The molecule has 0 aliphatic carbocycles. The maximum atomic E-state index is 12.0. The van der Waals surface area contributed by atoms with Gasteiger partial charge < -0.3 is 5.32 Å². The standard InChI is InChI=1S/C18H19N5OS/c1-2-13-3-5-14(6-4-13)9-10-19-16-8-7-15(11-20-16)17(24)22-18-23-21-12-25-18/h3-8,11-12H,2,9-10H2,1H3,(H,19,20)(H,22,23,24). The zero-order valence-electron chi connectivity index (χ0n) is 13.9. The van der Waals surface area contributed by atoms with Crippen LogP contribution >= 0.6 is 11.3 Å². The molecule has 0 saturated heterocycles. The highest BCUT2D eigenvalue weighted by molar-refractivity contribution is 7.13. The van der Waals surface area contributed by atoms with E-state index in [4.69, 9.17) is 0 Å². The Kier molecular flexibility index (Phi) is 5.69. The van der Waals surface area contributed by atoms with Gasteiger partial charge in [-0.15, -0.1) is 10.2 Å². The number of anilines is 2. The van der Waals surface area contributed by atoms with Crippen LogP contribution < -0.4 is 10.6 Å². The Hall–Kier alpha value is -2.80. The lowest BCUT2D eigenvalue weighted by Crippen LogP contribution is -2.13. The van der Waals surface area contributed by atoms with E-state index < -0.39 is 0 Å². The fraction of sp³-hybridized carbons (Fsp3) is 0.222. The molecule has 0 unspecified atom stereocenters. The molecular formula is C18H19N5OS. The van der Waals surface area contributed by atoms with E-state index in [0.29, 0.717) is 10.7 Å². The maximum Gasteiger partial charge on any atom is 0.259 e. The highest BCUT2D eigenvalue weighted by Crippen LogP contribution is 2.12. The molecule has 3 rings (SSSR count). The average Bonchev–Trinajstić information content (AvgIpc) is 3.16. The van der Waals surface area contributed by atoms with E-state index in [2.05, 4.69) is 57.0 Å². The van der Waals surface area contributed by atoms with Crippen LogP contribution in [0.3, 0.4) is 0 Å². The summed E-state index contributed by atoms with van der Waals surface area (Å²) < 4.78 is 0. The Morgan fingerprint density at radius 1 is 1.12 bits per heavy atom. The predicted molar refractivity (Wildman–Crippen MR) is 100 cm³/mol. The van der Waals surface area contributed by atoms with Crippen molar-refractivity contribution in [3.8, 4) is 0 Å². The number of pyridine rings is 1. The molecule has 128 valence electrons. The van der Waals surface area contributed by atoms with Crippen molar-refractivity contribution in [2.45, 2.75) is 19.8 Å². The van der Waals surface area contributed by atoms with Gasteiger partial charge in [0.1, 0.15) is 11.3 Å². The number of aromatic nitrogens is 3. The van der Waals surface area contributed by atoms with Crippen molar-refractivity contribution in [3.63, 3.8) is 0 Å². The Morgan fingerprint density at radius 2 is 1.92 bits per heavy atom. The SMILES string of the molecule is CCc1ccc(CCNc2ccc(C(=O)Nc3nncs3)cn2)cc1. The molecule has 0 spiro atoms. The molecular weight excluding hydrogens is 334 g/mol.